The number of amides is 1. The van der Waals surface area contributed by atoms with Gasteiger partial charge in [-0.25, -0.2) is 4.98 Å². The van der Waals surface area contributed by atoms with E-state index in [0.29, 0.717) is 19.5 Å². The smallest absolute Gasteiger partial charge is 0.253 e. The molecule has 3 aromatic rings. The Hall–Kier alpha value is -2.93. The van der Waals surface area contributed by atoms with Crippen LogP contribution in [0.5, 0.6) is 5.75 Å². The van der Waals surface area contributed by atoms with Crippen LogP contribution in [-0.4, -0.2) is 53.5 Å². The van der Waals surface area contributed by atoms with Crippen LogP contribution in [0.1, 0.15) is 59.9 Å². The van der Waals surface area contributed by atoms with Gasteiger partial charge in [0.2, 0.25) is 5.13 Å². The Bertz CT molecular complexity index is 1060. The van der Waals surface area contributed by atoms with E-state index < -0.39 is 0 Å². The molecule has 1 aromatic heterocycles. The molecule has 6 nitrogen and oxygen atoms in total. The number of aryl methyl sites for hydroxylation is 1. The van der Waals surface area contributed by atoms with Crippen LogP contribution < -0.4 is 9.64 Å². The van der Waals surface area contributed by atoms with Crippen molar-refractivity contribution in [2.24, 2.45) is 0 Å². The van der Waals surface area contributed by atoms with Gasteiger partial charge in [0.05, 0.1) is 7.11 Å². The summed E-state index contributed by atoms with van der Waals surface area (Å²) in [4.78, 5) is 21.9. The number of aromatic nitrogens is 2. The number of hydrogen-bond donors (Lipinski definition) is 0. The van der Waals surface area contributed by atoms with Gasteiger partial charge in [0.15, 0.2) is 0 Å². The summed E-state index contributed by atoms with van der Waals surface area (Å²) in [6.07, 6.45) is 6.82. The van der Waals surface area contributed by atoms with Crippen molar-refractivity contribution in [2.45, 2.75) is 45.4 Å². The molecule has 1 amide bonds. The van der Waals surface area contributed by atoms with Gasteiger partial charge in [-0.2, -0.15) is 4.37 Å². The van der Waals surface area contributed by atoms with Gasteiger partial charge >= 0.3 is 0 Å². The predicted molar refractivity (Wildman–Crippen MR) is 138 cm³/mol. The van der Waals surface area contributed by atoms with E-state index in [2.05, 4.69) is 34.4 Å². The lowest BCUT2D eigenvalue weighted by Crippen LogP contribution is -2.48. The van der Waals surface area contributed by atoms with E-state index in [0.717, 1.165) is 47.3 Å². The summed E-state index contributed by atoms with van der Waals surface area (Å²) in [6.45, 7) is 5.17. The maximum absolute atomic E-state index is 13.0. The van der Waals surface area contributed by atoms with Crippen LogP contribution >= 0.6 is 11.5 Å². The molecular weight excluding hydrogens is 444 g/mol. The Morgan fingerprint density at radius 2 is 1.79 bits per heavy atom. The molecule has 0 aliphatic carbocycles. The van der Waals surface area contributed by atoms with Crippen LogP contribution in [0.2, 0.25) is 0 Å². The third-order valence-corrected chi connectivity index (χ3v) is 7.13. The largest absolute Gasteiger partial charge is 0.497 e. The molecule has 0 atom stereocenters. The monoisotopic (exact) mass is 478 g/mol. The van der Waals surface area contributed by atoms with Crippen LogP contribution in [0.25, 0.3) is 0 Å². The number of piperazine rings is 1. The first-order chi connectivity index (χ1) is 16.7. The molecule has 0 bridgehead atoms. The van der Waals surface area contributed by atoms with E-state index in [1.807, 2.05) is 35.2 Å². The first-order valence-electron chi connectivity index (χ1n) is 12.2. The average molecular weight is 479 g/mol. The standard InChI is InChI=1S/C27H34N4O2S/c1-3-4-5-6-8-21-11-13-23(14-12-21)26(32)30-15-17-31(18-16-30)27-28-25(29-34-27)20-22-9-7-10-24(19-22)33-2/h7,9-14,19H,3-6,8,15-18,20H2,1-2H3. The molecule has 180 valence electrons. The molecule has 1 aliphatic rings. The highest BCUT2D eigenvalue weighted by atomic mass is 32.1. The van der Waals surface area contributed by atoms with E-state index in [1.165, 1.54) is 42.8 Å². The summed E-state index contributed by atoms with van der Waals surface area (Å²) in [7, 11) is 1.67. The number of benzene rings is 2. The van der Waals surface area contributed by atoms with E-state index in [1.54, 1.807) is 7.11 Å². The normalized spacial score (nSPS) is 13.8. The van der Waals surface area contributed by atoms with Crippen LogP contribution in [0, 0.1) is 0 Å². The Morgan fingerprint density at radius 3 is 2.53 bits per heavy atom. The van der Waals surface area contributed by atoms with Crippen molar-refractivity contribution >= 4 is 22.6 Å². The minimum atomic E-state index is 0.119. The van der Waals surface area contributed by atoms with Crippen molar-refractivity contribution in [3.63, 3.8) is 0 Å². The summed E-state index contributed by atoms with van der Waals surface area (Å²) >= 11 is 1.43. The molecule has 2 heterocycles. The van der Waals surface area contributed by atoms with Crippen LogP contribution in [-0.2, 0) is 12.8 Å². The number of carbonyl (C=O) groups is 1. The van der Waals surface area contributed by atoms with Crippen molar-refractivity contribution < 1.29 is 9.53 Å². The fourth-order valence-electron chi connectivity index (χ4n) is 4.26. The highest BCUT2D eigenvalue weighted by Crippen LogP contribution is 2.22. The fourth-order valence-corrected chi connectivity index (χ4v) is 5.00. The molecule has 7 heteroatoms. The summed E-state index contributed by atoms with van der Waals surface area (Å²) in [5, 5.41) is 0.928. The van der Waals surface area contributed by atoms with E-state index in [-0.39, 0.29) is 5.91 Å². The number of ether oxygens (including phenoxy) is 1. The highest BCUT2D eigenvalue weighted by Gasteiger charge is 2.24. The quantitative estimate of drug-likeness (QED) is 0.374. The number of rotatable bonds is 10. The molecule has 2 aromatic carbocycles. The molecule has 34 heavy (non-hydrogen) atoms. The van der Waals surface area contributed by atoms with E-state index in [9.17, 15) is 4.79 Å². The summed E-state index contributed by atoms with van der Waals surface area (Å²) < 4.78 is 9.86. The van der Waals surface area contributed by atoms with Gasteiger partial charge in [0, 0.05) is 49.7 Å². The summed E-state index contributed by atoms with van der Waals surface area (Å²) in [5.41, 5.74) is 3.23. The fraction of sp³-hybridized carbons (Fsp3) is 0.444. The third-order valence-electron chi connectivity index (χ3n) is 6.31. The van der Waals surface area contributed by atoms with Crippen molar-refractivity contribution in [1.29, 1.82) is 0 Å². The topological polar surface area (TPSA) is 58.6 Å². The number of nitrogens with zero attached hydrogens (tertiary/aromatic N) is 4. The molecule has 0 spiro atoms. The Balaban J connectivity index is 1.27. The van der Waals surface area contributed by atoms with Gasteiger partial charge < -0.3 is 14.5 Å². The number of methoxy groups -OCH3 is 1. The second-order valence-corrected chi connectivity index (χ2v) is 9.54. The first kappa shape index (κ1) is 24.2. The molecule has 0 unspecified atom stereocenters. The van der Waals surface area contributed by atoms with Crippen molar-refractivity contribution in [2.75, 3.05) is 38.2 Å². The average Bonchev–Trinajstić information content (AvgIpc) is 3.35. The lowest BCUT2D eigenvalue weighted by atomic mass is 10.0. The Morgan fingerprint density at radius 1 is 1.00 bits per heavy atom. The van der Waals surface area contributed by atoms with Crippen molar-refractivity contribution in [3.05, 3.63) is 71.0 Å². The third kappa shape index (κ3) is 6.35. The van der Waals surface area contributed by atoms with Crippen LogP contribution in [0.3, 0.4) is 0 Å². The van der Waals surface area contributed by atoms with Crippen LogP contribution in [0.15, 0.2) is 48.5 Å². The first-order valence-corrected chi connectivity index (χ1v) is 13.0. The zero-order valence-electron chi connectivity index (χ0n) is 20.2. The maximum Gasteiger partial charge on any atom is 0.253 e. The summed E-state index contributed by atoms with van der Waals surface area (Å²) in [5.74, 6) is 1.78. The SMILES string of the molecule is CCCCCCc1ccc(C(=O)N2CCN(c3nc(Cc4cccc(OC)c4)ns3)CC2)cc1. The molecule has 0 saturated carbocycles. The van der Waals surface area contributed by atoms with Gasteiger partial charge in [0.25, 0.3) is 5.91 Å². The zero-order chi connectivity index (χ0) is 23.8. The number of carbonyl (C=O) groups excluding carboxylic acids is 1. The van der Waals surface area contributed by atoms with Gasteiger partial charge in [-0.1, -0.05) is 50.5 Å². The van der Waals surface area contributed by atoms with E-state index in [4.69, 9.17) is 9.72 Å². The van der Waals surface area contributed by atoms with Crippen LogP contribution in [0.4, 0.5) is 5.13 Å². The van der Waals surface area contributed by atoms with Gasteiger partial charge in [-0.05, 0) is 48.2 Å². The minimum Gasteiger partial charge on any atom is -0.497 e. The number of hydrogen-bond acceptors (Lipinski definition) is 6. The lowest BCUT2D eigenvalue weighted by Gasteiger charge is -2.34. The molecule has 1 fully saturated rings. The minimum absolute atomic E-state index is 0.119. The molecule has 1 aliphatic heterocycles. The predicted octanol–water partition coefficient (Wildman–Crippen LogP) is 5.22. The molecule has 1 saturated heterocycles. The maximum atomic E-state index is 13.0. The van der Waals surface area contributed by atoms with Gasteiger partial charge in [-0.15, -0.1) is 0 Å². The van der Waals surface area contributed by atoms with E-state index >= 15 is 0 Å². The van der Waals surface area contributed by atoms with Gasteiger partial charge in [0.1, 0.15) is 11.6 Å². The second kappa shape index (κ2) is 12.0. The second-order valence-electron chi connectivity index (χ2n) is 8.81. The Labute approximate surface area is 206 Å². The van der Waals surface area contributed by atoms with Crippen molar-refractivity contribution in [1.82, 2.24) is 14.3 Å². The number of anilines is 1. The number of unbranched alkanes of at least 4 members (excludes halogenated alkanes) is 3. The molecule has 0 N–H and O–H groups in total. The van der Waals surface area contributed by atoms with Crippen molar-refractivity contribution in [3.8, 4) is 5.75 Å². The molecular formula is C27H34N4O2S. The van der Waals surface area contributed by atoms with Gasteiger partial charge in [-0.3, -0.25) is 4.79 Å². The molecule has 0 radical (unpaired) electrons. The highest BCUT2D eigenvalue weighted by molar-refractivity contribution is 7.09. The lowest BCUT2D eigenvalue weighted by molar-refractivity contribution is 0.0746. The zero-order valence-corrected chi connectivity index (χ0v) is 21.0. The molecule has 4 rings (SSSR count). The Kier molecular flexibility index (Phi) is 8.52. The summed E-state index contributed by atoms with van der Waals surface area (Å²) in [6, 6.07) is 16.2.